The topological polar surface area (TPSA) is 53.1 Å². The molecule has 0 aliphatic heterocycles. The molecule has 0 aliphatic rings. The molecular weight excluding hydrogens is 94.1 g/mol. The van der Waals surface area contributed by atoms with Gasteiger partial charge in [-0.15, -0.1) is 11.0 Å². The molecule has 1 aromatic heterocycles. The van der Waals surface area contributed by atoms with Crippen molar-refractivity contribution < 1.29 is 4.94 Å². The molecule has 0 saturated heterocycles. The van der Waals surface area contributed by atoms with E-state index in [-0.39, 0.29) is 0 Å². The molecular formula is C3H5N3O. The van der Waals surface area contributed by atoms with Gasteiger partial charge in [-0.05, 0) is 6.07 Å². The third-order valence-corrected chi connectivity index (χ3v) is 0.588. The lowest BCUT2D eigenvalue weighted by Crippen LogP contribution is -2.17. The zero-order valence-corrected chi connectivity index (χ0v) is 3.61. The number of aromatic nitrogens is 2. The molecule has 38 valence electrons. The summed E-state index contributed by atoms with van der Waals surface area (Å²) in [5, 5.41) is 3.60. The lowest BCUT2D eigenvalue weighted by atomic mass is 10.8. The fourth-order valence-corrected chi connectivity index (χ4v) is 0.317. The standard InChI is InChI=1S/C3H5N3O/c4-7-6-3-1-2-5-6/h1-3H,4H2. The summed E-state index contributed by atoms with van der Waals surface area (Å²) in [7, 11) is 0. The third kappa shape index (κ3) is 0.690. The van der Waals surface area contributed by atoms with E-state index in [1.165, 1.54) is 0 Å². The highest BCUT2D eigenvalue weighted by atomic mass is 16.8. The van der Waals surface area contributed by atoms with Crippen LogP contribution in [0.1, 0.15) is 0 Å². The summed E-state index contributed by atoms with van der Waals surface area (Å²) < 4.78 is 0. The summed E-state index contributed by atoms with van der Waals surface area (Å²) >= 11 is 0. The van der Waals surface area contributed by atoms with Gasteiger partial charge in [0.2, 0.25) is 0 Å². The van der Waals surface area contributed by atoms with E-state index in [0.717, 1.165) is 4.85 Å². The predicted octanol–water partition coefficient (Wildman–Crippen LogP) is -0.815. The Balaban J connectivity index is 2.76. The van der Waals surface area contributed by atoms with Crippen molar-refractivity contribution in [3.8, 4) is 0 Å². The first-order valence-electron chi connectivity index (χ1n) is 1.80. The number of nitrogens with two attached hydrogens (primary N) is 1. The molecule has 4 nitrogen and oxygen atoms in total. The molecule has 1 heterocycles. The van der Waals surface area contributed by atoms with E-state index in [1.54, 1.807) is 18.5 Å². The highest BCUT2D eigenvalue weighted by molar-refractivity contribution is 4.74. The zero-order valence-electron chi connectivity index (χ0n) is 3.61. The second-order valence-corrected chi connectivity index (χ2v) is 1.01. The fraction of sp³-hybridized carbons (Fsp3) is 0. The largest absolute Gasteiger partial charge is 0.304 e. The van der Waals surface area contributed by atoms with Gasteiger partial charge in [0.15, 0.2) is 0 Å². The van der Waals surface area contributed by atoms with Crippen LogP contribution in [0.5, 0.6) is 0 Å². The van der Waals surface area contributed by atoms with E-state index in [0.29, 0.717) is 0 Å². The molecule has 1 rings (SSSR count). The molecule has 2 N–H and O–H groups in total. The molecule has 0 bridgehead atoms. The van der Waals surface area contributed by atoms with Crippen LogP contribution < -0.4 is 10.8 Å². The van der Waals surface area contributed by atoms with Gasteiger partial charge in [0.05, 0.1) is 12.4 Å². The molecule has 0 saturated carbocycles. The van der Waals surface area contributed by atoms with Crippen LogP contribution in [0.2, 0.25) is 0 Å². The Hall–Kier alpha value is -1.03. The number of hydrogen-bond acceptors (Lipinski definition) is 3. The molecule has 4 heteroatoms. The molecule has 7 heavy (non-hydrogen) atoms. The summed E-state index contributed by atoms with van der Waals surface area (Å²) in [6.07, 6.45) is 3.17. The van der Waals surface area contributed by atoms with Crippen molar-refractivity contribution in [3.63, 3.8) is 0 Å². The maximum atomic E-state index is 4.69. The van der Waals surface area contributed by atoms with Gasteiger partial charge in [0.25, 0.3) is 0 Å². The van der Waals surface area contributed by atoms with E-state index in [9.17, 15) is 0 Å². The van der Waals surface area contributed by atoms with E-state index < -0.39 is 0 Å². The summed E-state index contributed by atoms with van der Waals surface area (Å²) in [5.41, 5.74) is 0. The molecule has 0 radical (unpaired) electrons. The predicted molar refractivity (Wildman–Crippen MR) is 23.0 cm³/mol. The molecule has 0 unspecified atom stereocenters. The first-order chi connectivity index (χ1) is 3.43. The summed E-state index contributed by atoms with van der Waals surface area (Å²) in [6, 6.07) is 1.72. The fourth-order valence-electron chi connectivity index (χ4n) is 0.317. The van der Waals surface area contributed by atoms with Crippen molar-refractivity contribution >= 4 is 0 Å². The maximum absolute atomic E-state index is 4.69. The third-order valence-electron chi connectivity index (χ3n) is 0.588. The Labute approximate surface area is 40.4 Å². The first kappa shape index (κ1) is 4.14. The van der Waals surface area contributed by atoms with Gasteiger partial charge in [-0.25, -0.2) is 0 Å². The van der Waals surface area contributed by atoms with Crippen LogP contribution in [-0.2, 0) is 0 Å². The molecule has 1 aromatic rings. The number of nitrogens with zero attached hydrogens (tertiary/aromatic N) is 2. The van der Waals surface area contributed by atoms with Crippen LogP contribution in [0.15, 0.2) is 18.5 Å². The molecule has 0 atom stereocenters. The van der Waals surface area contributed by atoms with E-state index >= 15 is 0 Å². The molecule has 0 aromatic carbocycles. The second-order valence-electron chi connectivity index (χ2n) is 1.01. The maximum Gasteiger partial charge on any atom is 0.0690 e. The van der Waals surface area contributed by atoms with Crippen LogP contribution >= 0.6 is 0 Å². The highest BCUT2D eigenvalue weighted by Gasteiger charge is 1.78. The van der Waals surface area contributed by atoms with Gasteiger partial charge >= 0.3 is 0 Å². The average molecular weight is 99.1 g/mol. The minimum Gasteiger partial charge on any atom is -0.304 e. The highest BCUT2D eigenvalue weighted by Crippen LogP contribution is 1.73. The smallest absolute Gasteiger partial charge is 0.0690 e. The lowest BCUT2D eigenvalue weighted by Gasteiger charge is -1.89. The summed E-state index contributed by atoms with van der Waals surface area (Å²) in [5.74, 6) is 4.69. The van der Waals surface area contributed by atoms with Crippen molar-refractivity contribution in [2.45, 2.75) is 0 Å². The van der Waals surface area contributed by atoms with Crippen LogP contribution in [0.25, 0.3) is 0 Å². The Morgan fingerprint density at radius 3 is 2.86 bits per heavy atom. The normalized spacial score (nSPS) is 8.71. The van der Waals surface area contributed by atoms with Crippen molar-refractivity contribution in [2.75, 3.05) is 0 Å². The quantitative estimate of drug-likeness (QED) is 0.468. The van der Waals surface area contributed by atoms with Crippen molar-refractivity contribution in [2.24, 2.45) is 5.90 Å². The summed E-state index contributed by atoms with van der Waals surface area (Å²) in [6.45, 7) is 0. The number of rotatable bonds is 1. The van der Waals surface area contributed by atoms with Crippen LogP contribution in [0.3, 0.4) is 0 Å². The van der Waals surface area contributed by atoms with Crippen LogP contribution in [0.4, 0.5) is 0 Å². The van der Waals surface area contributed by atoms with E-state index in [2.05, 4.69) is 10.0 Å². The van der Waals surface area contributed by atoms with Gasteiger partial charge in [-0.1, -0.05) is 4.85 Å². The number of hydrogen-bond donors (Lipinski definition) is 1. The van der Waals surface area contributed by atoms with Gasteiger partial charge in [0, 0.05) is 0 Å². The minimum absolute atomic E-state index is 1.15. The molecule has 0 spiro atoms. The van der Waals surface area contributed by atoms with Crippen molar-refractivity contribution in [3.05, 3.63) is 18.5 Å². The van der Waals surface area contributed by atoms with Gasteiger partial charge in [0.1, 0.15) is 0 Å². The van der Waals surface area contributed by atoms with Crippen molar-refractivity contribution in [1.29, 1.82) is 0 Å². The van der Waals surface area contributed by atoms with E-state index in [4.69, 9.17) is 5.90 Å². The molecule has 0 fully saturated rings. The van der Waals surface area contributed by atoms with Gasteiger partial charge in [-0.2, -0.15) is 0 Å². The SMILES string of the molecule is NOn1cccn1. The molecule has 0 aliphatic carbocycles. The van der Waals surface area contributed by atoms with E-state index in [1.807, 2.05) is 0 Å². The lowest BCUT2D eigenvalue weighted by molar-refractivity contribution is 0.0836. The second kappa shape index (κ2) is 1.61. The minimum atomic E-state index is 1.15. The van der Waals surface area contributed by atoms with Crippen molar-refractivity contribution in [1.82, 2.24) is 9.94 Å². The Bertz CT molecular complexity index is 125. The molecule has 0 amide bonds. The summed E-state index contributed by atoms with van der Waals surface area (Å²) in [4.78, 5) is 5.31. The Morgan fingerprint density at radius 2 is 2.57 bits per heavy atom. The van der Waals surface area contributed by atoms with Gasteiger partial charge < -0.3 is 4.94 Å². The van der Waals surface area contributed by atoms with Gasteiger partial charge in [-0.3, -0.25) is 0 Å². The average Bonchev–Trinajstić information content (AvgIpc) is 2.14. The van der Waals surface area contributed by atoms with Crippen LogP contribution in [0, 0.1) is 0 Å². The monoisotopic (exact) mass is 99.0 g/mol. The Kier molecular flexibility index (Phi) is 0.953. The zero-order chi connectivity index (χ0) is 5.11. The Morgan fingerprint density at radius 1 is 1.71 bits per heavy atom. The van der Waals surface area contributed by atoms with Crippen LogP contribution in [-0.4, -0.2) is 9.94 Å². The first-order valence-corrected chi connectivity index (χ1v) is 1.80.